The van der Waals surface area contributed by atoms with Gasteiger partial charge in [0.05, 0.1) is 24.7 Å². The summed E-state index contributed by atoms with van der Waals surface area (Å²) in [4.78, 5) is 8.06. The number of anilines is 1. The monoisotopic (exact) mass is 375 g/mol. The lowest BCUT2D eigenvalue weighted by molar-refractivity contribution is 0.270. The van der Waals surface area contributed by atoms with Gasteiger partial charge in [-0.3, -0.25) is 4.68 Å². The van der Waals surface area contributed by atoms with Crippen LogP contribution >= 0.6 is 0 Å². The lowest BCUT2D eigenvalue weighted by Crippen LogP contribution is -2.04. The number of pyridine rings is 1. The third-order valence-corrected chi connectivity index (χ3v) is 4.77. The predicted octanol–water partition coefficient (Wildman–Crippen LogP) is 4.56. The highest BCUT2D eigenvalue weighted by Crippen LogP contribution is 2.39. The molecule has 4 aromatic rings. The summed E-state index contributed by atoms with van der Waals surface area (Å²) < 4.78 is 7.70. The maximum Gasteiger partial charge on any atom is 0.138 e. The molecule has 0 atom stereocenters. The molecule has 3 N–H and O–H groups in total. The van der Waals surface area contributed by atoms with E-state index in [4.69, 9.17) is 10.5 Å². The highest BCUT2D eigenvalue weighted by molar-refractivity contribution is 6.03. The molecule has 0 aliphatic rings. The van der Waals surface area contributed by atoms with Gasteiger partial charge in [-0.2, -0.15) is 5.10 Å². The van der Waals surface area contributed by atoms with Crippen LogP contribution in [-0.4, -0.2) is 26.4 Å². The van der Waals surface area contributed by atoms with Crippen LogP contribution in [0.1, 0.15) is 19.4 Å². The lowest BCUT2D eigenvalue weighted by Gasteiger charge is -2.09. The number of fused-ring (bicyclic) bond motifs is 1. The molecule has 3 heterocycles. The minimum absolute atomic E-state index is 0.448. The Hall–Kier alpha value is -3.28. The molecule has 0 saturated heterocycles. The summed E-state index contributed by atoms with van der Waals surface area (Å²) in [6.07, 6.45) is 5.60. The van der Waals surface area contributed by atoms with Gasteiger partial charge < -0.3 is 15.5 Å². The van der Waals surface area contributed by atoms with E-state index in [0.717, 1.165) is 50.4 Å². The molecule has 0 bridgehead atoms. The fourth-order valence-corrected chi connectivity index (χ4v) is 3.26. The number of aromatic amines is 1. The zero-order valence-electron chi connectivity index (χ0n) is 16.7. The minimum Gasteiger partial charge on any atom is -0.492 e. The molecule has 0 aliphatic carbocycles. The highest BCUT2D eigenvalue weighted by atomic mass is 16.5. The summed E-state index contributed by atoms with van der Waals surface area (Å²) in [6, 6.07) is 8.20. The molecular weight excluding hydrogens is 350 g/mol. The molecule has 0 amide bonds. The van der Waals surface area contributed by atoms with Gasteiger partial charge in [0.1, 0.15) is 11.4 Å². The van der Waals surface area contributed by atoms with Gasteiger partial charge in [0.15, 0.2) is 0 Å². The lowest BCUT2D eigenvalue weighted by atomic mass is 9.98. The Labute approximate surface area is 164 Å². The van der Waals surface area contributed by atoms with Crippen LogP contribution in [0.2, 0.25) is 0 Å². The Morgan fingerprint density at radius 1 is 1.18 bits per heavy atom. The Balaban J connectivity index is 1.93. The van der Waals surface area contributed by atoms with Gasteiger partial charge in [-0.05, 0) is 36.1 Å². The van der Waals surface area contributed by atoms with E-state index in [1.807, 2.05) is 44.6 Å². The second-order valence-corrected chi connectivity index (χ2v) is 7.62. The predicted molar refractivity (Wildman–Crippen MR) is 113 cm³/mol. The first-order valence-electron chi connectivity index (χ1n) is 9.42. The van der Waals surface area contributed by atoms with Crippen molar-refractivity contribution in [1.29, 1.82) is 0 Å². The molecule has 0 saturated carbocycles. The smallest absolute Gasteiger partial charge is 0.138 e. The Morgan fingerprint density at radius 3 is 2.68 bits per heavy atom. The van der Waals surface area contributed by atoms with Crippen molar-refractivity contribution in [1.82, 2.24) is 19.7 Å². The number of nitrogens with one attached hydrogen (secondary N) is 1. The van der Waals surface area contributed by atoms with Gasteiger partial charge >= 0.3 is 0 Å². The van der Waals surface area contributed by atoms with Gasteiger partial charge in [0.25, 0.3) is 0 Å². The molecule has 0 radical (unpaired) electrons. The normalized spacial score (nSPS) is 11.5. The van der Waals surface area contributed by atoms with E-state index in [-0.39, 0.29) is 0 Å². The van der Waals surface area contributed by atoms with E-state index in [1.54, 1.807) is 10.9 Å². The number of H-pyrrole nitrogens is 1. The number of ether oxygens (including phenoxy) is 1. The van der Waals surface area contributed by atoms with Crippen molar-refractivity contribution in [2.75, 3.05) is 12.3 Å². The zero-order chi connectivity index (χ0) is 19.8. The van der Waals surface area contributed by atoms with Crippen LogP contribution in [-0.2, 0) is 7.05 Å². The molecule has 0 unspecified atom stereocenters. The van der Waals surface area contributed by atoms with E-state index in [2.05, 4.69) is 35.0 Å². The number of benzene rings is 1. The molecular formula is C22H25N5O. The van der Waals surface area contributed by atoms with Crippen molar-refractivity contribution in [3.05, 3.63) is 48.4 Å². The maximum absolute atomic E-state index is 6.21. The van der Waals surface area contributed by atoms with E-state index in [1.165, 1.54) is 0 Å². The molecule has 6 nitrogen and oxygen atoms in total. The third-order valence-electron chi connectivity index (χ3n) is 4.77. The standard InChI is InChI=1S/C22H25N5O/c1-13(2)12-28-17-8-18-20(15-6-5-14(3)19(23)7-15)21(26-22(18)24-10-17)16-9-25-27(4)11-16/h5-11,13H,12,23H2,1-4H3,(H,24,26). The van der Waals surface area contributed by atoms with Crippen molar-refractivity contribution < 1.29 is 4.74 Å². The minimum atomic E-state index is 0.448. The van der Waals surface area contributed by atoms with Crippen molar-refractivity contribution in [3.63, 3.8) is 0 Å². The highest BCUT2D eigenvalue weighted by Gasteiger charge is 2.18. The summed E-state index contributed by atoms with van der Waals surface area (Å²) in [6.45, 7) is 6.92. The van der Waals surface area contributed by atoms with Crippen LogP contribution in [0.25, 0.3) is 33.4 Å². The quantitative estimate of drug-likeness (QED) is 0.501. The second kappa shape index (κ2) is 7.03. The van der Waals surface area contributed by atoms with Gasteiger partial charge in [-0.1, -0.05) is 26.0 Å². The molecule has 144 valence electrons. The fourth-order valence-electron chi connectivity index (χ4n) is 3.26. The largest absolute Gasteiger partial charge is 0.492 e. The van der Waals surface area contributed by atoms with E-state index in [0.29, 0.717) is 12.5 Å². The first kappa shape index (κ1) is 18.1. The van der Waals surface area contributed by atoms with Gasteiger partial charge in [0, 0.05) is 35.4 Å². The van der Waals surface area contributed by atoms with Gasteiger partial charge in [0.2, 0.25) is 0 Å². The van der Waals surface area contributed by atoms with Crippen molar-refractivity contribution in [3.8, 4) is 28.1 Å². The molecule has 0 fully saturated rings. The second-order valence-electron chi connectivity index (χ2n) is 7.62. The molecule has 0 aliphatic heterocycles. The van der Waals surface area contributed by atoms with E-state index in [9.17, 15) is 0 Å². The Kier molecular flexibility index (Phi) is 4.55. The number of aryl methyl sites for hydroxylation is 2. The van der Waals surface area contributed by atoms with Crippen LogP contribution in [0.3, 0.4) is 0 Å². The summed E-state index contributed by atoms with van der Waals surface area (Å²) in [7, 11) is 1.91. The number of aromatic nitrogens is 4. The number of nitrogens with zero attached hydrogens (tertiary/aromatic N) is 3. The molecule has 1 aromatic carbocycles. The van der Waals surface area contributed by atoms with Crippen LogP contribution < -0.4 is 10.5 Å². The average Bonchev–Trinajstić information content (AvgIpc) is 3.25. The molecule has 0 spiro atoms. The average molecular weight is 375 g/mol. The Bertz CT molecular complexity index is 1140. The number of rotatable bonds is 5. The maximum atomic E-state index is 6.21. The van der Waals surface area contributed by atoms with Crippen molar-refractivity contribution in [2.45, 2.75) is 20.8 Å². The van der Waals surface area contributed by atoms with E-state index >= 15 is 0 Å². The number of nitrogens with two attached hydrogens (primary N) is 1. The summed E-state index contributed by atoms with van der Waals surface area (Å²) in [5.74, 6) is 1.21. The molecule has 3 aromatic heterocycles. The van der Waals surface area contributed by atoms with Gasteiger partial charge in [-0.25, -0.2) is 4.98 Å². The van der Waals surface area contributed by atoms with E-state index < -0.39 is 0 Å². The van der Waals surface area contributed by atoms with Crippen LogP contribution in [0.15, 0.2) is 42.9 Å². The van der Waals surface area contributed by atoms with Crippen LogP contribution in [0.4, 0.5) is 5.69 Å². The first-order valence-corrected chi connectivity index (χ1v) is 9.42. The molecule has 28 heavy (non-hydrogen) atoms. The van der Waals surface area contributed by atoms with Gasteiger partial charge in [-0.15, -0.1) is 0 Å². The number of nitrogen functional groups attached to an aromatic ring is 1. The zero-order valence-corrected chi connectivity index (χ0v) is 16.7. The Morgan fingerprint density at radius 2 is 2.00 bits per heavy atom. The topological polar surface area (TPSA) is 81.8 Å². The first-order chi connectivity index (χ1) is 13.4. The third kappa shape index (κ3) is 3.33. The number of hydrogen-bond donors (Lipinski definition) is 2. The summed E-state index contributed by atoms with van der Waals surface area (Å²) >= 11 is 0. The fraction of sp³-hybridized carbons (Fsp3) is 0.273. The SMILES string of the molecule is Cc1ccc(-c2c(-c3cnn(C)c3)[nH]c3ncc(OCC(C)C)cc23)cc1N. The summed E-state index contributed by atoms with van der Waals surface area (Å²) in [5.41, 5.74) is 12.9. The van der Waals surface area contributed by atoms with Crippen molar-refractivity contribution in [2.24, 2.45) is 13.0 Å². The molecule has 4 rings (SSSR count). The number of hydrogen-bond acceptors (Lipinski definition) is 4. The summed E-state index contributed by atoms with van der Waals surface area (Å²) in [5, 5.41) is 5.33. The van der Waals surface area contributed by atoms with Crippen LogP contribution in [0, 0.1) is 12.8 Å². The molecule has 6 heteroatoms. The van der Waals surface area contributed by atoms with Crippen LogP contribution in [0.5, 0.6) is 5.75 Å². The van der Waals surface area contributed by atoms with Crippen molar-refractivity contribution >= 4 is 16.7 Å².